The molecule has 6 N–H and O–H groups in total. The van der Waals surface area contributed by atoms with Crippen molar-refractivity contribution in [1.82, 2.24) is 0 Å². The molecule has 0 radical (unpaired) electrons. The minimum Gasteiger partial charge on any atom is -0.481 e. The molecule has 2 aliphatic rings. The van der Waals surface area contributed by atoms with Crippen LogP contribution in [-0.2, 0) is 9.59 Å². The summed E-state index contributed by atoms with van der Waals surface area (Å²) in [5.41, 5.74) is 9.86. The quantitative estimate of drug-likeness (QED) is 0.462. The van der Waals surface area contributed by atoms with Crippen LogP contribution in [-0.4, -0.2) is 34.2 Å². The Labute approximate surface area is 86.2 Å². The van der Waals surface area contributed by atoms with E-state index in [1.807, 2.05) is 0 Å². The lowest BCUT2D eigenvalue weighted by molar-refractivity contribution is -0.145. The van der Waals surface area contributed by atoms with Crippen molar-refractivity contribution in [1.29, 1.82) is 0 Å². The van der Waals surface area contributed by atoms with Gasteiger partial charge in [-0.25, -0.2) is 0 Å². The predicted molar refractivity (Wildman–Crippen MR) is 49.8 cm³/mol. The number of fused-ring (bicyclic) bond motifs is 1. The summed E-state index contributed by atoms with van der Waals surface area (Å²) in [6, 6.07) is 0. The maximum atomic E-state index is 11.0. The van der Waals surface area contributed by atoms with Crippen molar-refractivity contribution in [3.05, 3.63) is 0 Å². The molecule has 5 atom stereocenters. The molecule has 84 valence electrons. The molecule has 6 nitrogen and oxygen atoms in total. The van der Waals surface area contributed by atoms with Crippen LogP contribution in [0, 0.1) is 23.7 Å². The molecule has 0 heterocycles. The minimum atomic E-state index is -1.39. The number of carboxylic acid groups (broad SMARTS) is 2. The first-order valence-electron chi connectivity index (χ1n) is 4.88. The van der Waals surface area contributed by atoms with Crippen LogP contribution in [0.15, 0.2) is 0 Å². The third-order valence-corrected chi connectivity index (χ3v) is 3.80. The number of rotatable bonds is 3. The summed E-state index contributed by atoms with van der Waals surface area (Å²) in [6.07, 6.45) is 0.290. The van der Waals surface area contributed by atoms with Gasteiger partial charge in [-0.3, -0.25) is 9.59 Å². The summed E-state index contributed by atoms with van der Waals surface area (Å²) >= 11 is 0. The molecule has 0 amide bonds. The Morgan fingerprint density at radius 1 is 1.40 bits per heavy atom. The molecule has 2 aliphatic carbocycles. The van der Waals surface area contributed by atoms with Crippen molar-refractivity contribution in [2.75, 3.05) is 6.54 Å². The Morgan fingerprint density at radius 3 is 2.40 bits per heavy atom. The zero-order valence-electron chi connectivity index (χ0n) is 8.09. The van der Waals surface area contributed by atoms with E-state index in [1.165, 1.54) is 0 Å². The van der Waals surface area contributed by atoms with Crippen LogP contribution >= 0.6 is 0 Å². The molecule has 2 rings (SSSR count). The van der Waals surface area contributed by atoms with E-state index in [1.54, 1.807) is 0 Å². The highest BCUT2D eigenvalue weighted by Gasteiger charge is 2.73. The van der Waals surface area contributed by atoms with Gasteiger partial charge >= 0.3 is 11.9 Å². The van der Waals surface area contributed by atoms with E-state index >= 15 is 0 Å². The third-order valence-electron chi connectivity index (χ3n) is 3.80. The zero-order valence-corrected chi connectivity index (χ0v) is 8.09. The van der Waals surface area contributed by atoms with E-state index < -0.39 is 29.3 Å². The van der Waals surface area contributed by atoms with Gasteiger partial charge in [0.15, 0.2) is 0 Å². The molecule has 2 saturated carbocycles. The molecule has 0 aromatic rings. The smallest absolute Gasteiger partial charge is 0.324 e. The maximum absolute atomic E-state index is 11.0. The molecule has 0 saturated heterocycles. The molecule has 0 aromatic heterocycles. The van der Waals surface area contributed by atoms with Crippen LogP contribution in [0.5, 0.6) is 0 Å². The Morgan fingerprint density at radius 2 is 2.00 bits per heavy atom. The Balaban J connectivity index is 2.26. The van der Waals surface area contributed by atoms with Gasteiger partial charge in [0, 0.05) is 5.92 Å². The molecule has 0 spiro atoms. The van der Waals surface area contributed by atoms with Crippen molar-refractivity contribution in [3.8, 4) is 0 Å². The van der Waals surface area contributed by atoms with E-state index in [4.69, 9.17) is 21.7 Å². The second kappa shape index (κ2) is 2.93. The largest absolute Gasteiger partial charge is 0.481 e. The van der Waals surface area contributed by atoms with Gasteiger partial charge in [0.2, 0.25) is 0 Å². The van der Waals surface area contributed by atoms with Crippen LogP contribution in [0.25, 0.3) is 0 Å². The van der Waals surface area contributed by atoms with Gasteiger partial charge in [-0.1, -0.05) is 0 Å². The standard InChI is InChI=1S/C9H14N2O4/c10-2-3-1-9(11,8(14)15)6-4(3)5(6)7(12)13/h3-6H,1-2,10-11H2,(H,12,13)(H,14,15). The van der Waals surface area contributed by atoms with E-state index in [0.29, 0.717) is 6.54 Å². The van der Waals surface area contributed by atoms with E-state index in [2.05, 4.69) is 0 Å². The SMILES string of the molecule is NCC1CC(N)(C(=O)O)C2C(C(=O)O)C12. The van der Waals surface area contributed by atoms with Crippen LogP contribution in [0.2, 0.25) is 0 Å². The van der Waals surface area contributed by atoms with Gasteiger partial charge in [0.1, 0.15) is 5.54 Å². The van der Waals surface area contributed by atoms with Gasteiger partial charge in [0.25, 0.3) is 0 Å². The van der Waals surface area contributed by atoms with Gasteiger partial charge in [-0.15, -0.1) is 0 Å². The summed E-state index contributed by atoms with van der Waals surface area (Å²) in [5, 5.41) is 17.9. The van der Waals surface area contributed by atoms with E-state index in [0.717, 1.165) is 0 Å². The first-order chi connectivity index (χ1) is 6.93. The summed E-state index contributed by atoms with van der Waals surface area (Å²) in [4.78, 5) is 21.9. The maximum Gasteiger partial charge on any atom is 0.324 e. The van der Waals surface area contributed by atoms with Crippen LogP contribution in [0.1, 0.15) is 6.42 Å². The fourth-order valence-electron chi connectivity index (χ4n) is 3.08. The van der Waals surface area contributed by atoms with Gasteiger partial charge in [0.05, 0.1) is 5.92 Å². The highest BCUT2D eigenvalue weighted by atomic mass is 16.4. The normalized spacial score (nSPS) is 47.3. The van der Waals surface area contributed by atoms with Gasteiger partial charge in [-0.2, -0.15) is 0 Å². The van der Waals surface area contributed by atoms with Gasteiger partial charge < -0.3 is 21.7 Å². The van der Waals surface area contributed by atoms with E-state index in [9.17, 15) is 9.59 Å². The van der Waals surface area contributed by atoms with Crippen molar-refractivity contribution in [2.24, 2.45) is 35.1 Å². The Bertz CT molecular complexity index is 332. The highest BCUT2D eigenvalue weighted by molar-refractivity contribution is 5.85. The van der Waals surface area contributed by atoms with Crippen molar-refractivity contribution in [2.45, 2.75) is 12.0 Å². The number of nitrogens with two attached hydrogens (primary N) is 2. The van der Waals surface area contributed by atoms with Crippen molar-refractivity contribution < 1.29 is 19.8 Å². The van der Waals surface area contributed by atoms with Crippen molar-refractivity contribution in [3.63, 3.8) is 0 Å². The molecule has 0 aromatic carbocycles. The fraction of sp³-hybridized carbons (Fsp3) is 0.778. The lowest BCUT2D eigenvalue weighted by Gasteiger charge is -2.23. The highest BCUT2D eigenvalue weighted by Crippen LogP contribution is 2.63. The number of carboxylic acids is 2. The second-order valence-electron chi connectivity index (χ2n) is 4.51. The summed E-state index contributed by atoms with van der Waals surface area (Å²) in [5.74, 6) is -3.35. The molecule has 2 fully saturated rings. The minimum absolute atomic E-state index is 0.0720. The molecule has 0 aliphatic heterocycles. The van der Waals surface area contributed by atoms with Crippen LogP contribution in [0.3, 0.4) is 0 Å². The lowest BCUT2D eigenvalue weighted by Crippen LogP contribution is -2.50. The fourth-order valence-corrected chi connectivity index (χ4v) is 3.08. The first kappa shape index (κ1) is 10.4. The molecule has 6 heteroatoms. The number of hydrogen-bond donors (Lipinski definition) is 4. The van der Waals surface area contributed by atoms with E-state index in [-0.39, 0.29) is 18.3 Å². The topological polar surface area (TPSA) is 127 Å². The average molecular weight is 214 g/mol. The van der Waals surface area contributed by atoms with Crippen molar-refractivity contribution >= 4 is 11.9 Å². The molecular weight excluding hydrogens is 200 g/mol. The second-order valence-corrected chi connectivity index (χ2v) is 4.51. The summed E-state index contributed by atoms with van der Waals surface area (Å²) in [6.45, 7) is 0.303. The number of hydrogen-bond acceptors (Lipinski definition) is 4. The molecule has 0 bridgehead atoms. The number of carbonyl (C=O) groups is 2. The van der Waals surface area contributed by atoms with Crippen LogP contribution < -0.4 is 11.5 Å². The average Bonchev–Trinajstić information content (AvgIpc) is 2.82. The summed E-state index contributed by atoms with van der Waals surface area (Å²) in [7, 11) is 0. The summed E-state index contributed by atoms with van der Waals surface area (Å²) < 4.78 is 0. The Kier molecular flexibility index (Phi) is 2.03. The predicted octanol–water partition coefficient (Wildman–Crippen LogP) is -1.31. The zero-order chi connectivity index (χ0) is 11.4. The molecule has 5 unspecified atom stereocenters. The lowest BCUT2D eigenvalue weighted by atomic mass is 9.88. The monoisotopic (exact) mass is 214 g/mol. The Hall–Kier alpha value is -1.14. The first-order valence-corrected chi connectivity index (χ1v) is 4.88. The van der Waals surface area contributed by atoms with Gasteiger partial charge in [-0.05, 0) is 24.8 Å². The number of aliphatic carboxylic acids is 2. The van der Waals surface area contributed by atoms with Crippen LogP contribution in [0.4, 0.5) is 0 Å². The molecule has 15 heavy (non-hydrogen) atoms. The molecular formula is C9H14N2O4. The third kappa shape index (κ3) is 1.18.